The van der Waals surface area contributed by atoms with Crippen molar-refractivity contribution in [2.24, 2.45) is 5.73 Å². The van der Waals surface area contributed by atoms with Gasteiger partial charge in [0.25, 0.3) is 0 Å². The zero-order chi connectivity index (χ0) is 24.5. The largest absolute Gasteiger partial charge is 0.348 e. The van der Waals surface area contributed by atoms with Crippen molar-refractivity contribution in [3.05, 3.63) is 99.6 Å². The first kappa shape index (κ1) is 24.2. The maximum atomic E-state index is 13.1. The molecule has 0 radical (unpaired) electrons. The van der Waals surface area contributed by atoms with Gasteiger partial charge in [-0.05, 0) is 79.5 Å². The van der Waals surface area contributed by atoms with Crippen molar-refractivity contribution in [3.8, 4) is 0 Å². The number of carbonyl (C=O) groups is 1. The molecule has 1 amide bonds. The lowest BCUT2D eigenvalue weighted by atomic mass is 9.94. The van der Waals surface area contributed by atoms with Crippen molar-refractivity contribution in [3.63, 3.8) is 0 Å². The Morgan fingerprint density at radius 2 is 1.68 bits per heavy atom. The van der Waals surface area contributed by atoms with Crippen molar-refractivity contribution < 1.29 is 13.2 Å². The number of aryl methyl sites for hydroxylation is 3. The van der Waals surface area contributed by atoms with Crippen LogP contribution < -0.4 is 11.1 Å². The van der Waals surface area contributed by atoms with Gasteiger partial charge in [0.05, 0.1) is 22.7 Å². The Labute approximate surface area is 202 Å². The van der Waals surface area contributed by atoms with Gasteiger partial charge in [-0.25, -0.2) is 8.42 Å². The minimum absolute atomic E-state index is 0.00833. The lowest BCUT2D eigenvalue weighted by molar-refractivity contribution is -0.123. The Kier molecular flexibility index (Phi) is 6.91. The van der Waals surface area contributed by atoms with Crippen molar-refractivity contribution in [1.29, 1.82) is 0 Å². The number of sulfone groups is 1. The van der Waals surface area contributed by atoms with Crippen LogP contribution in [-0.2, 0) is 27.5 Å². The van der Waals surface area contributed by atoms with Crippen LogP contribution in [0.5, 0.6) is 0 Å². The molecule has 0 saturated heterocycles. The molecule has 5 nitrogen and oxygen atoms in total. The number of amides is 1. The summed E-state index contributed by atoms with van der Waals surface area (Å²) in [6.07, 6.45) is 1.47. The minimum Gasteiger partial charge on any atom is -0.348 e. The molecule has 3 N–H and O–H groups in total. The summed E-state index contributed by atoms with van der Waals surface area (Å²) in [5.74, 6) is -0.253. The summed E-state index contributed by atoms with van der Waals surface area (Å²) in [5.41, 5.74) is 13.7. The molecule has 0 aromatic heterocycles. The maximum absolute atomic E-state index is 13.1. The Balaban J connectivity index is 1.55. The van der Waals surface area contributed by atoms with E-state index in [2.05, 4.69) is 24.4 Å². The first-order valence-electron chi connectivity index (χ1n) is 11.7. The number of rotatable bonds is 6. The minimum atomic E-state index is -3.37. The van der Waals surface area contributed by atoms with E-state index in [4.69, 9.17) is 5.73 Å². The molecule has 1 heterocycles. The van der Waals surface area contributed by atoms with Crippen LogP contribution in [-0.4, -0.2) is 26.1 Å². The molecule has 178 valence electrons. The smallest absolute Gasteiger partial charge is 0.237 e. The highest BCUT2D eigenvalue weighted by molar-refractivity contribution is 7.91. The first-order valence-corrected chi connectivity index (χ1v) is 13.3. The number of benzene rings is 3. The number of carbonyl (C=O) groups excluding carboxylic acids is 1. The van der Waals surface area contributed by atoms with E-state index in [1.807, 2.05) is 56.3 Å². The molecular weight excluding hydrogens is 444 g/mol. The molecule has 0 aliphatic carbocycles. The predicted molar refractivity (Wildman–Crippen MR) is 136 cm³/mol. The van der Waals surface area contributed by atoms with Gasteiger partial charge >= 0.3 is 0 Å². The fraction of sp³-hybridized carbons (Fsp3) is 0.321. The second-order valence-electron chi connectivity index (χ2n) is 9.39. The Hall–Kier alpha value is -2.96. The highest BCUT2D eigenvalue weighted by Crippen LogP contribution is 2.33. The second-order valence-corrected chi connectivity index (χ2v) is 11.5. The fourth-order valence-corrected chi connectivity index (χ4v) is 6.51. The van der Waals surface area contributed by atoms with E-state index in [-0.39, 0.29) is 17.7 Å². The first-order chi connectivity index (χ1) is 16.1. The van der Waals surface area contributed by atoms with Gasteiger partial charge in [-0.1, -0.05) is 60.2 Å². The summed E-state index contributed by atoms with van der Waals surface area (Å²) in [6.45, 7) is 6.13. The molecule has 0 bridgehead atoms. The van der Waals surface area contributed by atoms with Gasteiger partial charge in [0.2, 0.25) is 5.91 Å². The molecule has 6 heteroatoms. The third kappa shape index (κ3) is 5.24. The van der Waals surface area contributed by atoms with Crippen molar-refractivity contribution >= 4 is 15.7 Å². The summed E-state index contributed by atoms with van der Waals surface area (Å²) in [6, 6.07) is 18.6. The van der Waals surface area contributed by atoms with E-state index in [0.29, 0.717) is 29.7 Å². The van der Waals surface area contributed by atoms with Crippen LogP contribution in [0.1, 0.15) is 51.4 Å². The standard InChI is InChI=1S/C28H32N2O3S/c1-18-13-19(2)23(20(3)14-18)17-25(29)28(31)30-26-11-12-34(32,33)27-10-9-22(16-24(26)27)15-21-7-5-4-6-8-21/h4-10,13-14,16,25-26H,11-12,15,17,29H2,1-3H3,(H,30,31). The van der Waals surface area contributed by atoms with Gasteiger partial charge in [-0.15, -0.1) is 0 Å². The van der Waals surface area contributed by atoms with Crippen molar-refractivity contribution in [1.82, 2.24) is 5.32 Å². The number of nitrogens with one attached hydrogen (secondary N) is 1. The molecule has 1 aliphatic heterocycles. The maximum Gasteiger partial charge on any atom is 0.237 e. The topological polar surface area (TPSA) is 89.3 Å². The highest BCUT2D eigenvalue weighted by Gasteiger charge is 2.32. The lowest BCUT2D eigenvalue weighted by Gasteiger charge is -2.28. The van der Waals surface area contributed by atoms with Gasteiger partial charge in [0.1, 0.15) is 0 Å². The molecule has 3 aromatic rings. The molecule has 0 fully saturated rings. The highest BCUT2D eigenvalue weighted by atomic mass is 32.2. The third-order valence-electron chi connectivity index (χ3n) is 6.63. The van der Waals surface area contributed by atoms with Crippen LogP contribution in [0.4, 0.5) is 0 Å². The summed E-state index contributed by atoms with van der Waals surface area (Å²) < 4.78 is 25.4. The van der Waals surface area contributed by atoms with Gasteiger partial charge in [-0.2, -0.15) is 0 Å². The van der Waals surface area contributed by atoms with E-state index in [0.717, 1.165) is 27.8 Å². The molecule has 2 atom stereocenters. The van der Waals surface area contributed by atoms with Gasteiger partial charge in [0, 0.05) is 0 Å². The molecule has 3 aromatic carbocycles. The van der Waals surface area contributed by atoms with Crippen molar-refractivity contribution in [2.75, 3.05) is 5.75 Å². The molecule has 4 rings (SSSR count). The summed E-state index contributed by atoms with van der Waals surface area (Å²) in [4.78, 5) is 13.4. The average molecular weight is 477 g/mol. The van der Waals surface area contributed by atoms with E-state index in [9.17, 15) is 13.2 Å². The quantitative estimate of drug-likeness (QED) is 0.560. The van der Waals surface area contributed by atoms with E-state index in [1.54, 1.807) is 6.07 Å². The third-order valence-corrected chi connectivity index (χ3v) is 8.44. The van der Waals surface area contributed by atoms with E-state index < -0.39 is 15.9 Å². The number of hydrogen-bond acceptors (Lipinski definition) is 4. The summed E-state index contributed by atoms with van der Waals surface area (Å²) >= 11 is 0. The zero-order valence-electron chi connectivity index (χ0n) is 20.0. The summed E-state index contributed by atoms with van der Waals surface area (Å²) in [7, 11) is -3.37. The number of nitrogens with two attached hydrogens (primary N) is 1. The second kappa shape index (κ2) is 9.72. The normalized spacial score (nSPS) is 17.6. The monoisotopic (exact) mass is 476 g/mol. The SMILES string of the molecule is Cc1cc(C)c(CC(N)C(=O)NC2CCS(=O)(=O)c3ccc(Cc4ccccc4)cc32)c(C)c1. The molecule has 1 aliphatic rings. The Bertz CT molecular complexity index is 1290. The number of hydrogen-bond donors (Lipinski definition) is 2. The van der Waals surface area contributed by atoms with Crippen molar-refractivity contribution in [2.45, 2.75) is 57.0 Å². The summed E-state index contributed by atoms with van der Waals surface area (Å²) in [5, 5.41) is 3.05. The van der Waals surface area contributed by atoms with Crippen LogP contribution in [0.3, 0.4) is 0 Å². The van der Waals surface area contributed by atoms with E-state index >= 15 is 0 Å². The van der Waals surface area contributed by atoms with Gasteiger partial charge in [-0.3, -0.25) is 4.79 Å². The number of fused-ring (bicyclic) bond motifs is 1. The van der Waals surface area contributed by atoms with Crippen LogP contribution in [0.25, 0.3) is 0 Å². The molecular formula is C28H32N2O3S. The molecule has 0 spiro atoms. The average Bonchev–Trinajstić information content (AvgIpc) is 2.78. The van der Waals surface area contributed by atoms with Crippen LogP contribution in [0, 0.1) is 20.8 Å². The van der Waals surface area contributed by atoms with Crippen LogP contribution in [0.2, 0.25) is 0 Å². The lowest BCUT2D eigenvalue weighted by Crippen LogP contribution is -2.45. The predicted octanol–water partition coefficient (Wildman–Crippen LogP) is 4.11. The Morgan fingerprint density at radius 1 is 1.00 bits per heavy atom. The molecule has 0 saturated carbocycles. The Morgan fingerprint density at radius 3 is 2.35 bits per heavy atom. The van der Waals surface area contributed by atoms with Gasteiger partial charge < -0.3 is 11.1 Å². The van der Waals surface area contributed by atoms with Crippen LogP contribution >= 0.6 is 0 Å². The van der Waals surface area contributed by atoms with Gasteiger partial charge in [0.15, 0.2) is 9.84 Å². The molecule has 2 unspecified atom stereocenters. The van der Waals surface area contributed by atoms with E-state index in [1.165, 1.54) is 5.56 Å². The molecule has 34 heavy (non-hydrogen) atoms. The zero-order valence-corrected chi connectivity index (χ0v) is 20.8. The van der Waals surface area contributed by atoms with Crippen LogP contribution in [0.15, 0.2) is 65.6 Å². The fourth-order valence-electron chi connectivity index (χ4n) is 4.91.